The largest absolute Gasteiger partial charge is 0.287 e. The van der Waals surface area contributed by atoms with Crippen LogP contribution >= 0.6 is 0 Å². The summed E-state index contributed by atoms with van der Waals surface area (Å²) >= 11 is 0. The molecule has 1 aliphatic carbocycles. The van der Waals surface area contributed by atoms with Crippen molar-refractivity contribution in [1.29, 1.82) is 0 Å². The van der Waals surface area contributed by atoms with Gasteiger partial charge in [-0.1, -0.05) is 66.2 Å². The monoisotopic (exact) mass is 302 g/mol. The predicted molar refractivity (Wildman–Crippen MR) is 94.2 cm³/mol. The first-order valence-electron chi connectivity index (χ1n) is 7.71. The van der Waals surface area contributed by atoms with Gasteiger partial charge in [0.25, 0.3) is 0 Å². The molecule has 114 valence electrons. The Balaban J connectivity index is 2.00. The van der Waals surface area contributed by atoms with Crippen LogP contribution in [-0.2, 0) is 0 Å². The second-order valence-corrected chi connectivity index (χ2v) is 5.59. The van der Waals surface area contributed by atoms with Crippen LogP contribution in [0.2, 0.25) is 0 Å². The molecule has 0 amide bonds. The maximum Gasteiger partial charge on any atom is 0.213 e. The second-order valence-electron chi connectivity index (χ2n) is 5.59. The molecule has 23 heavy (non-hydrogen) atoms. The third-order valence-electron chi connectivity index (χ3n) is 3.77. The zero-order chi connectivity index (χ0) is 16.1. The van der Waals surface area contributed by atoms with Gasteiger partial charge >= 0.3 is 0 Å². The van der Waals surface area contributed by atoms with E-state index in [0.29, 0.717) is 11.3 Å². The van der Waals surface area contributed by atoms with Gasteiger partial charge in [-0.3, -0.25) is 4.79 Å². The second kappa shape index (κ2) is 6.97. The zero-order valence-corrected chi connectivity index (χ0v) is 13.1. The average Bonchev–Trinajstić information content (AvgIpc) is 3.02. The minimum atomic E-state index is -0.111. The fourth-order valence-electron chi connectivity index (χ4n) is 2.50. The first-order valence-corrected chi connectivity index (χ1v) is 7.71. The van der Waals surface area contributed by atoms with E-state index in [1.165, 1.54) is 5.57 Å². The molecule has 0 spiro atoms. The van der Waals surface area contributed by atoms with Crippen LogP contribution < -0.4 is 0 Å². The molecular formula is C20H18N2O. The van der Waals surface area contributed by atoms with Crippen molar-refractivity contribution in [3.05, 3.63) is 83.4 Å². The lowest BCUT2D eigenvalue weighted by Gasteiger charge is -2.04. The summed E-state index contributed by atoms with van der Waals surface area (Å²) in [5.74, 6) is -0.111. The topological polar surface area (TPSA) is 41.8 Å². The molecule has 0 bridgehead atoms. The molecule has 1 aliphatic rings. The minimum Gasteiger partial charge on any atom is -0.287 e. The Morgan fingerprint density at radius 2 is 1.48 bits per heavy atom. The lowest BCUT2D eigenvalue weighted by Crippen LogP contribution is -2.15. The highest BCUT2D eigenvalue weighted by atomic mass is 16.1. The Morgan fingerprint density at radius 1 is 0.870 bits per heavy atom. The zero-order valence-electron chi connectivity index (χ0n) is 13.1. The molecule has 0 N–H and O–H groups in total. The smallest absolute Gasteiger partial charge is 0.213 e. The van der Waals surface area contributed by atoms with Gasteiger partial charge in [0.2, 0.25) is 5.78 Å². The van der Waals surface area contributed by atoms with E-state index in [-0.39, 0.29) is 5.78 Å². The fourth-order valence-corrected chi connectivity index (χ4v) is 2.50. The fraction of sp³-hybridized carbons (Fsp3) is 0.150. The number of benzene rings is 2. The number of carbonyl (C=O) groups is 1. The highest BCUT2D eigenvalue weighted by molar-refractivity contribution is 6.51. The first kappa shape index (κ1) is 15.1. The van der Waals surface area contributed by atoms with Crippen molar-refractivity contribution in [3.8, 4) is 0 Å². The van der Waals surface area contributed by atoms with Crippen molar-refractivity contribution in [1.82, 2.24) is 0 Å². The summed E-state index contributed by atoms with van der Waals surface area (Å²) in [6, 6.07) is 18.7. The van der Waals surface area contributed by atoms with Gasteiger partial charge in [-0.15, -0.1) is 5.10 Å². The van der Waals surface area contributed by atoms with Gasteiger partial charge in [0.05, 0.1) is 5.71 Å². The highest BCUT2D eigenvalue weighted by Crippen LogP contribution is 2.16. The van der Waals surface area contributed by atoms with Crippen molar-refractivity contribution < 1.29 is 4.79 Å². The highest BCUT2D eigenvalue weighted by Gasteiger charge is 2.16. The minimum absolute atomic E-state index is 0.111. The molecule has 0 unspecified atom stereocenters. The molecule has 2 aromatic carbocycles. The lowest BCUT2D eigenvalue weighted by molar-refractivity contribution is 0.106. The van der Waals surface area contributed by atoms with Crippen LogP contribution in [0.5, 0.6) is 0 Å². The number of carbonyl (C=O) groups excluding carboxylic acids is 1. The van der Waals surface area contributed by atoms with E-state index in [1.54, 1.807) is 12.1 Å². The van der Waals surface area contributed by atoms with Crippen LogP contribution in [0, 0.1) is 0 Å². The summed E-state index contributed by atoms with van der Waals surface area (Å²) in [4.78, 5) is 12.8. The van der Waals surface area contributed by atoms with Gasteiger partial charge in [-0.25, -0.2) is 0 Å². The molecule has 0 fully saturated rings. The Bertz CT molecular complexity index is 787. The first-order chi connectivity index (χ1) is 11.2. The summed E-state index contributed by atoms with van der Waals surface area (Å²) in [6.07, 6.45) is 3.94. The van der Waals surface area contributed by atoms with Crippen LogP contribution in [0.15, 0.2) is 82.5 Å². The van der Waals surface area contributed by atoms with E-state index in [0.717, 1.165) is 24.1 Å². The molecule has 0 saturated carbocycles. The van der Waals surface area contributed by atoms with Crippen LogP contribution in [0.1, 0.15) is 35.7 Å². The normalized spacial score (nSPS) is 16.5. The van der Waals surface area contributed by atoms with Gasteiger partial charge in [-0.2, -0.15) is 5.10 Å². The Hall–Kier alpha value is -2.81. The third-order valence-corrected chi connectivity index (χ3v) is 3.77. The van der Waals surface area contributed by atoms with E-state index < -0.39 is 0 Å². The van der Waals surface area contributed by atoms with Gasteiger partial charge in [0.15, 0.2) is 0 Å². The summed E-state index contributed by atoms with van der Waals surface area (Å²) in [6.45, 7) is 2.08. The molecule has 3 nitrogen and oxygen atoms in total. The molecule has 0 aliphatic heterocycles. The SMILES string of the molecule is CC1=C/C(=N\N=C(\C(=O)c2ccccc2)c2ccccc2)CC1. The average molecular weight is 302 g/mol. The van der Waals surface area contributed by atoms with Gasteiger partial charge < -0.3 is 0 Å². The summed E-state index contributed by atoms with van der Waals surface area (Å²) in [5, 5.41) is 8.60. The molecular weight excluding hydrogens is 284 g/mol. The number of Topliss-reactive ketones (excluding diaryl/α,β-unsaturated/α-hetero) is 1. The van der Waals surface area contributed by atoms with E-state index in [4.69, 9.17) is 0 Å². The van der Waals surface area contributed by atoms with Crippen molar-refractivity contribution in [2.24, 2.45) is 10.2 Å². The molecule has 2 aromatic rings. The van der Waals surface area contributed by atoms with Crippen LogP contribution in [-0.4, -0.2) is 17.2 Å². The van der Waals surface area contributed by atoms with E-state index >= 15 is 0 Å². The van der Waals surface area contributed by atoms with Crippen molar-refractivity contribution in [3.63, 3.8) is 0 Å². The van der Waals surface area contributed by atoms with E-state index in [2.05, 4.69) is 17.1 Å². The maximum absolute atomic E-state index is 12.8. The standard InChI is InChI=1S/C20H18N2O/c1-15-12-13-18(14-15)21-22-19(16-8-4-2-5-9-16)20(23)17-10-6-3-7-11-17/h2-11,14H,12-13H2,1H3/b21-18-,22-19+. The molecule has 0 aromatic heterocycles. The molecule has 3 heteroatoms. The number of allylic oxidation sites excluding steroid dienone is 2. The Kier molecular flexibility index (Phi) is 4.57. The Morgan fingerprint density at radius 3 is 2.04 bits per heavy atom. The summed E-state index contributed by atoms with van der Waals surface area (Å²) < 4.78 is 0. The quantitative estimate of drug-likeness (QED) is 0.467. The number of hydrogen-bond donors (Lipinski definition) is 0. The van der Waals surface area contributed by atoms with Crippen molar-refractivity contribution >= 4 is 17.2 Å². The van der Waals surface area contributed by atoms with E-state index in [1.807, 2.05) is 54.6 Å². The predicted octanol–water partition coefficient (Wildman–Crippen LogP) is 4.45. The van der Waals surface area contributed by atoms with E-state index in [9.17, 15) is 4.79 Å². The van der Waals surface area contributed by atoms with Gasteiger partial charge in [0.1, 0.15) is 5.71 Å². The third kappa shape index (κ3) is 3.69. The van der Waals surface area contributed by atoms with Crippen LogP contribution in [0.4, 0.5) is 0 Å². The molecule has 0 atom stereocenters. The molecule has 0 saturated heterocycles. The Labute approximate surface area is 136 Å². The summed E-state index contributed by atoms with van der Waals surface area (Å²) in [7, 11) is 0. The van der Waals surface area contributed by atoms with Gasteiger partial charge in [-0.05, 0) is 25.8 Å². The molecule has 0 radical (unpaired) electrons. The number of nitrogens with zero attached hydrogens (tertiary/aromatic N) is 2. The van der Waals surface area contributed by atoms with Crippen molar-refractivity contribution in [2.45, 2.75) is 19.8 Å². The van der Waals surface area contributed by atoms with Crippen molar-refractivity contribution in [2.75, 3.05) is 0 Å². The van der Waals surface area contributed by atoms with Crippen LogP contribution in [0.25, 0.3) is 0 Å². The number of hydrogen-bond acceptors (Lipinski definition) is 3. The lowest BCUT2D eigenvalue weighted by atomic mass is 10.0. The molecule has 0 heterocycles. The van der Waals surface area contributed by atoms with Crippen LogP contribution in [0.3, 0.4) is 0 Å². The number of rotatable bonds is 4. The van der Waals surface area contributed by atoms with Gasteiger partial charge in [0, 0.05) is 11.1 Å². The molecule has 3 rings (SSSR count). The maximum atomic E-state index is 12.8. The number of ketones is 1. The summed E-state index contributed by atoms with van der Waals surface area (Å²) in [5.41, 5.74) is 4.01.